The predicted octanol–water partition coefficient (Wildman–Crippen LogP) is 10.5. The molecule has 15 heteroatoms. The molecule has 354 valence electrons. The Hall–Kier alpha value is -5.50. The maximum atomic E-state index is 13.1. The fourth-order valence-electron chi connectivity index (χ4n) is 10.3. The van der Waals surface area contributed by atoms with E-state index in [2.05, 4.69) is 41.6 Å². The summed E-state index contributed by atoms with van der Waals surface area (Å²) < 4.78 is 55.7. The van der Waals surface area contributed by atoms with Gasteiger partial charge in [0.2, 0.25) is 5.91 Å². The lowest BCUT2D eigenvalue weighted by Gasteiger charge is -2.47. The van der Waals surface area contributed by atoms with Gasteiger partial charge in [-0.3, -0.25) is 9.78 Å². The van der Waals surface area contributed by atoms with Crippen LogP contribution in [0.5, 0.6) is 17.2 Å². The fourth-order valence-corrected chi connectivity index (χ4v) is 10.5. The molecule has 1 amide bonds. The van der Waals surface area contributed by atoms with E-state index in [0.717, 1.165) is 49.1 Å². The van der Waals surface area contributed by atoms with Gasteiger partial charge in [-0.15, -0.1) is 0 Å². The Morgan fingerprint density at radius 1 is 0.939 bits per heavy atom. The number of amides is 1. The predicted molar refractivity (Wildman–Crippen MR) is 245 cm³/mol. The Morgan fingerprint density at radius 3 is 2.44 bits per heavy atom. The number of rotatable bonds is 20. The zero-order valence-electron chi connectivity index (χ0n) is 37.4. The van der Waals surface area contributed by atoms with Crippen LogP contribution in [0.15, 0.2) is 79.0 Å². The van der Waals surface area contributed by atoms with Gasteiger partial charge in [0.05, 0.1) is 26.2 Å². The number of hydrogen-bond acceptors (Lipinski definition) is 8. The van der Waals surface area contributed by atoms with Crippen LogP contribution in [0.1, 0.15) is 112 Å². The lowest BCUT2D eigenvalue weighted by molar-refractivity contribution is -0.144. The highest BCUT2D eigenvalue weighted by atomic mass is 35.5. The number of carbonyl (C=O) groups excluding carboxylic acids is 1. The number of aryl methyl sites for hydroxylation is 1. The van der Waals surface area contributed by atoms with Crippen molar-refractivity contribution in [2.45, 2.75) is 126 Å². The van der Waals surface area contributed by atoms with Crippen LogP contribution in [0.4, 0.5) is 18.9 Å². The third-order valence-electron chi connectivity index (χ3n) is 13.7. The van der Waals surface area contributed by atoms with Crippen molar-refractivity contribution in [2.75, 3.05) is 25.1 Å². The molecule has 7 rings (SSSR count). The van der Waals surface area contributed by atoms with Crippen LogP contribution in [0.25, 0.3) is 0 Å². The Morgan fingerprint density at radius 2 is 1.70 bits per heavy atom. The van der Waals surface area contributed by atoms with Crippen LogP contribution in [0, 0.1) is 11.8 Å². The van der Waals surface area contributed by atoms with E-state index < -0.39 is 48.6 Å². The molecule has 4 aromatic rings. The standard InChI is InChI=1S/C51H59ClF3N3O8/c1-32(31-66-44-16-22-56-42-12-3-7-33(2)46(42)44)25-36-28-35-14-15-40(30-41(35)49(36)17-19-50(20-18-49,48(62)63)58-38-10-5-9-37(52)29-38)64-23-6-13-45(59)57-43(47(60)61)27-34-8-4-11-39(26-34)65-24-21-51(53,54)55/h4-5,8-11,14-16,22,26,29-30,32-33,36,43,58H,3,6-7,12-13,17-21,23-25,27-28,31H2,1-2H3,(H,57,59)(H,60,61)(H,62,63)/t32-,33-,36+,43-,49?,50?/m1/s1. The molecule has 3 aromatic carbocycles. The molecule has 0 unspecified atom stereocenters. The topological polar surface area (TPSA) is 156 Å². The Bertz CT molecular complexity index is 2350. The molecule has 3 aliphatic rings. The highest BCUT2D eigenvalue weighted by Gasteiger charge is 2.54. The number of carbonyl (C=O) groups is 3. The van der Waals surface area contributed by atoms with Crippen molar-refractivity contribution >= 4 is 35.1 Å². The minimum atomic E-state index is -4.36. The number of aromatic nitrogens is 1. The molecule has 11 nitrogen and oxygen atoms in total. The summed E-state index contributed by atoms with van der Waals surface area (Å²) in [6.45, 7) is 4.63. The van der Waals surface area contributed by atoms with Crippen LogP contribution < -0.4 is 24.8 Å². The molecule has 1 heterocycles. The van der Waals surface area contributed by atoms with Crippen LogP contribution in [-0.4, -0.2) is 70.6 Å². The highest BCUT2D eigenvalue weighted by molar-refractivity contribution is 6.30. The van der Waals surface area contributed by atoms with E-state index >= 15 is 0 Å². The largest absolute Gasteiger partial charge is 0.494 e. The first-order chi connectivity index (χ1) is 31.5. The SMILES string of the molecule is C[C@@H](COc1ccnc2c1[C@H](C)CCC2)C[C@H]1Cc2ccc(OCCCC(=O)N[C@H](Cc3cccc(OCCC(F)(F)F)c3)C(=O)O)cc2C12CCC(Nc1cccc(Cl)c1)(C(=O)O)CC2. The molecular formula is C51H59ClF3N3O8. The van der Waals surface area contributed by atoms with E-state index in [1.165, 1.54) is 23.3 Å². The van der Waals surface area contributed by atoms with Gasteiger partial charge < -0.3 is 35.1 Å². The van der Waals surface area contributed by atoms with Gasteiger partial charge in [-0.2, -0.15) is 13.2 Å². The molecule has 0 bridgehead atoms. The number of carboxylic acid groups (broad SMARTS) is 2. The van der Waals surface area contributed by atoms with Gasteiger partial charge in [0.1, 0.15) is 28.8 Å². The summed E-state index contributed by atoms with van der Waals surface area (Å²) in [7, 11) is 0. The first kappa shape index (κ1) is 48.4. The zero-order valence-corrected chi connectivity index (χ0v) is 38.2. The second-order valence-corrected chi connectivity index (χ2v) is 18.9. The number of carboxylic acids is 2. The molecule has 1 aromatic heterocycles. The smallest absolute Gasteiger partial charge is 0.392 e. The number of nitrogens with one attached hydrogen (secondary N) is 2. The van der Waals surface area contributed by atoms with E-state index in [1.54, 1.807) is 30.3 Å². The molecule has 3 aliphatic carbocycles. The van der Waals surface area contributed by atoms with Crippen LogP contribution in [0.2, 0.25) is 5.02 Å². The van der Waals surface area contributed by atoms with Gasteiger partial charge in [0.25, 0.3) is 0 Å². The number of fused-ring (bicyclic) bond motifs is 3. The molecule has 66 heavy (non-hydrogen) atoms. The summed E-state index contributed by atoms with van der Waals surface area (Å²) in [5, 5.41) is 27.0. The molecule has 1 saturated carbocycles. The first-order valence-corrected chi connectivity index (χ1v) is 23.3. The number of anilines is 1. The molecule has 0 aliphatic heterocycles. The third-order valence-corrected chi connectivity index (χ3v) is 13.9. The molecular weight excluding hydrogens is 875 g/mol. The van der Waals surface area contributed by atoms with Crippen molar-refractivity contribution in [1.82, 2.24) is 10.3 Å². The summed E-state index contributed by atoms with van der Waals surface area (Å²) in [4.78, 5) is 42.8. The Balaban J connectivity index is 1.00. The number of nitrogens with zero attached hydrogens (tertiary/aromatic N) is 1. The molecule has 1 fully saturated rings. The maximum Gasteiger partial charge on any atom is 0.392 e. The van der Waals surface area contributed by atoms with Crippen molar-refractivity contribution in [2.24, 2.45) is 11.8 Å². The average molecular weight is 934 g/mol. The van der Waals surface area contributed by atoms with Crippen molar-refractivity contribution in [3.05, 3.63) is 112 Å². The number of pyridine rings is 1. The van der Waals surface area contributed by atoms with Gasteiger partial charge >= 0.3 is 18.1 Å². The number of alkyl halides is 3. The molecule has 1 spiro atoms. The van der Waals surface area contributed by atoms with E-state index in [4.69, 9.17) is 25.8 Å². The lowest BCUT2D eigenvalue weighted by atomic mass is 9.59. The Kier molecular flexibility index (Phi) is 15.4. The lowest BCUT2D eigenvalue weighted by Crippen LogP contribution is -2.53. The van der Waals surface area contributed by atoms with Crippen LogP contribution in [0.3, 0.4) is 0 Å². The van der Waals surface area contributed by atoms with Gasteiger partial charge in [-0.1, -0.05) is 49.7 Å². The van der Waals surface area contributed by atoms with E-state index in [9.17, 15) is 37.8 Å². The summed E-state index contributed by atoms with van der Waals surface area (Å²) in [5.74, 6) is -0.0837. The Labute approximate surface area is 388 Å². The number of halogens is 4. The van der Waals surface area contributed by atoms with Crippen molar-refractivity contribution in [3.63, 3.8) is 0 Å². The van der Waals surface area contributed by atoms with Crippen LogP contribution >= 0.6 is 11.6 Å². The summed E-state index contributed by atoms with van der Waals surface area (Å²) in [6.07, 6.45) is 3.56. The van der Waals surface area contributed by atoms with E-state index in [-0.39, 0.29) is 42.4 Å². The molecule has 0 radical (unpaired) electrons. The number of aliphatic carboxylic acids is 2. The normalized spacial score (nSPS) is 22.1. The summed E-state index contributed by atoms with van der Waals surface area (Å²) >= 11 is 6.30. The van der Waals surface area contributed by atoms with Crippen LogP contribution in [-0.2, 0) is 39.1 Å². The molecule has 0 saturated heterocycles. The van der Waals surface area contributed by atoms with Gasteiger partial charge in [0, 0.05) is 41.0 Å². The molecule has 4 N–H and O–H groups in total. The van der Waals surface area contributed by atoms with Crippen molar-refractivity contribution in [1.29, 1.82) is 0 Å². The minimum Gasteiger partial charge on any atom is -0.494 e. The second-order valence-electron chi connectivity index (χ2n) is 18.5. The maximum absolute atomic E-state index is 13.1. The number of hydrogen-bond donors (Lipinski definition) is 4. The van der Waals surface area contributed by atoms with Gasteiger partial charge in [0.15, 0.2) is 0 Å². The van der Waals surface area contributed by atoms with E-state index in [1.807, 2.05) is 24.4 Å². The highest BCUT2D eigenvalue weighted by Crippen LogP contribution is 2.57. The third kappa shape index (κ3) is 11.9. The quantitative estimate of drug-likeness (QED) is 0.0629. The van der Waals surface area contributed by atoms with Gasteiger partial charge in [-0.25, -0.2) is 9.59 Å². The fraction of sp³-hybridized carbons (Fsp3) is 0.490. The summed E-state index contributed by atoms with van der Waals surface area (Å²) in [5.41, 5.74) is 4.37. The van der Waals surface area contributed by atoms with Crippen molar-refractivity contribution in [3.8, 4) is 17.2 Å². The zero-order chi connectivity index (χ0) is 47.1. The van der Waals surface area contributed by atoms with Gasteiger partial charge in [-0.05, 0) is 153 Å². The van der Waals surface area contributed by atoms with E-state index in [0.29, 0.717) is 66.7 Å². The minimum absolute atomic E-state index is 0.000601. The monoisotopic (exact) mass is 933 g/mol. The summed E-state index contributed by atoms with van der Waals surface area (Å²) in [6, 6.07) is 20.1. The van der Waals surface area contributed by atoms with Crippen molar-refractivity contribution < 1.29 is 52.0 Å². The number of benzene rings is 3. The first-order valence-electron chi connectivity index (χ1n) is 23.0. The molecule has 4 atom stereocenters. The average Bonchev–Trinajstić information content (AvgIpc) is 3.55. The second kappa shape index (κ2) is 21.0. The number of ether oxygens (including phenoxy) is 3.